The molecule has 1 aromatic carbocycles. The van der Waals surface area contributed by atoms with Gasteiger partial charge in [0.05, 0.1) is 11.6 Å². The maximum absolute atomic E-state index is 13.3. The van der Waals surface area contributed by atoms with E-state index in [2.05, 4.69) is 10.2 Å². The Bertz CT molecular complexity index is 1420. The number of rotatable bonds is 9. The van der Waals surface area contributed by atoms with Gasteiger partial charge in [-0.3, -0.25) is 14.4 Å². The van der Waals surface area contributed by atoms with Crippen molar-refractivity contribution in [1.82, 2.24) is 24.6 Å². The number of fused-ring (bicyclic) bond motifs is 1. The molecule has 1 aliphatic rings. The Balaban J connectivity index is 1.72. The van der Waals surface area contributed by atoms with Crippen molar-refractivity contribution in [3.8, 4) is 16.3 Å². The predicted molar refractivity (Wildman–Crippen MR) is 147 cm³/mol. The molecule has 0 unspecified atom stereocenters. The van der Waals surface area contributed by atoms with E-state index < -0.39 is 17.1 Å². The highest BCUT2D eigenvalue weighted by Gasteiger charge is 2.36. The Morgan fingerprint density at radius 3 is 2.49 bits per heavy atom. The monoisotopic (exact) mass is 555 g/mol. The van der Waals surface area contributed by atoms with Crippen LogP contribution in [0.3, 0.4) is 0 Å². The van der Waals surface area contributed by atoms with Crippen molar-refractivity contribution in [3.05, 3.63) is 62.8 Å². The van der Waals surface area contributed by atoms with Crippen molar-refractivity contribution in [2.45, 2.75) is 72.0 Å². The zero-order valence-electron chi connectivity index (χ0n) is 22.8. The van der Waals surface area contributed by atoms with E-state index in [4.69, 9.17) is 0 Å². The normalized spacial score (nSPS) is 15.2. The van der Waals surface area contributed by atoms with Gasteiger partial charge in [0.15, 0.2) is 16.5 Å². The van der Waals surface area contributed by atoms with E-state index in [1.54, 1.807) is 27.8 Å². The molecular formula is C28H34FN5O4S. The van der Waals surface area contributed by atoms with Gasteiger partial charge in [0.1, 0.15) is 10.8 Å². The lowest BCUT2D eigenvalue weighted by atomic mass is 10.0. The topological polar surface area (TPSA) is 109 Å². The summed E-state index contributed by atoms with van der Waals surface area (Å²) in [6.07, 6.45) is 2.92. The lowest BCUT2D eigenvalue weighted by molar-refractivity contribution is -0.132. The van der Waals surface area contributed by atoms with Crippen LogP contribution in [0.2, 0.25) is 0 Å². The molecule has 3 heterocycles. The highest BCUT2D eigenvalue weighted by Crippen LogP contribution is 2.33. The number of aromatic hydroxyl groups is 1. The standard InChI is InChI=1S/C28H34FN5O4S/c1-6-23(35)32(16(2)3)12-11-20-14-33(17(4)5)28(38)24-26(37)25(36)21(15-34(20)24)27-31-30-22(39-27)13-18-7-9-19(29)10-8-18/h7-10,15-17,20,37H,6,11-14H2,1-5H3/t20-/m0/s1. The Hall–Kier alpha value is -3.60. The van der Waals surface area contributed by atoms with Crippen LogP contribution >= 0.6 is 11.3 Å². The molecule has 1 N–H and O–H groups in total. The molecule has 1 atom stereocenters. The molecule has 2 amide bonds. The number of hydrogen-bond acceptors (Lipinski definition) is 7. The fourth-order valence-electron chi connectivity index (χ4n) is 4.85. The van der Waals surface area contributed by atoms with E-state index in [0.717, 1.165) is 5.56 Å². The molecule has 9 nitrogen and oxygen atoms in total. The maximum Gasteiger partial charge on any atom is 0.274 e. The summed E-state index contributed by atoms with van der Waals surface area (Å²) in [5, 5.41) is 20.3. The first kappa shape index (κ1) is 28.4. The van der Waals surface area contributed by atoms with Crippen LogP contribution in [0.1, 0.15) is 74.6 Å². The fourth-order valence-corrected chi connectivity index (χ4v) is 5.73. The first-order valence-electron chi connectivity index (χ1n) is 13.2. The van der Waals surface area contributed by atoms with E-state index >= 15 is 0 Å². The quantitative estimate of drug-likeness (QED) is 0.423. The molecule has 0 saturated heterocycles. The Morgan fingerprint density at radius 1 is 1.18 bits per heavy atom. The van der Waals surface area contributed by atoms with Crippen LogP contribution in [0.4, 0.5) is 4.39 Å². The smallest absolute Gasteiger partial charge is 0.274 e. The third-order valence-electron chi connectivity index (χ3n) is 7.01. The molecule has 2 aromatic heterocycles. The molecular weight excluding hydrogens is 521 g/mol. The van der Waals surface area contributed by atoms with Crippen LogP contribution < -0.4 is 5.43 Å². The van der Waals surface area contributed by atoms with Gasteiger partial charge in [0.2, 0.25) is 11.3 Å². The third kappa shape index (κ3) is 5.88. The minimum atomic E-state index is -0.687. The molecule has 0 bridgehead atoms. The van der Waals surface area contributed by atoms with Crippen LogP contribution in [0.5, 0.6) is 5.75 Å². The van der Waals surface area contributed by atoms with Crippen molar-refractivity contribution in [1.29, 1.82) is 0 Å². The highest BCUT2D eigenvalue weighted by atomic mass is 32.1. The fraction of sp³-hybridized carbons (Fsp3) is 0.464. The molecule has 0 spiro atoms. The second-order valence-electron chi connectivity index (χ2n) is 10.3. The highest BCUT2D eigenvalue weighted by molar-refractivity contribution is 7.14. The maximum atomic E-state index is 13.3. The van der Waals surface area contributed by atoms with E-state index in [1.165, 1.54) is 23.5 Å². The molecule has 3 aromatic rings. The Morgan fingerprint density at radius 2 is 1.87 bits per heavy atom. The van der Waals surface area contributed by atoms with Crippen molar-refractivity contribution < 1.29 is 19.1 Å². The van der Waals surface area contributed by atoms with Crippen molar-refractivity contribution in [2.24, 2.45) is 0 Å². The van der Waals surface area contributed by atoms with Crippen LogP contribution in [-0.4, -0.2) is 66.7 Å². The first-order valence-corrected chi connectivity index (χ1v) is 14.0. The van der Waals surface area contributed by atoms with E-state index in [1.807, 2.05) is 39.5 Å². The number of halogens is 1. The van der Waals surface area contributed by atoms with Crippen LogP contribution in [0.15, 0.2) is 35.3 Å². The lowest BCUT2D eigenvalue weighted by Gasteiger charge is -2.39. The zero-order chi connectivity index (χ0) is 28.4. The number of carbonyl (C=O) groups excluding carboxylic acids is 2. The first-order chi connectivity index (χ1) is 18.5. The summed E-state index contributed by atoms with van der Waals surface area (Å²) in [7, 11) is 0. The van der Waals surface area contributed by atoms with Gasteiger partial charge in [0.25, 0.3) is 5.91 Å². The van der Waals surface area contributed by atoms with E-state index in [-0.39, 0.29) is 41.1 Å². The van der Waals surface area contributed by atoms with Gasteiger partial charge in [0, 0.05) is 44.2 Å². The summed E-state index contributed by atoms with van der Waals surface area (Å²) >= 11 is 1.21. The van der Waals surface area contributed by atoms with Crippen LogP contribution in [0.25, 0.3) is 10.6 Å². The number of amides is 2. The Labute approximate surface area is 230 Å². The molecule has 0 radical (unpaired) electrons. The van der Waals surface area contributed by atoms with Crippen LogP contribution in [-0.2, 0) is 11.2 Å². The van der Waals surface area contributed by atoms with Gasteiger partial charge in [-0.2, -0.15) is 0 Å². The molecule has 0 fully saturated rings. The second-order valence-corrected chi connectivity index (χ2v) is 11.4. The van der Waals surface area contributed by atoms with Gasteiger partial charge >= 0.3 is 0 Å². The number of carbonyl (C=O) groups is 2. The number of pyridine rings is 1. The average molecular weight is 556 g/mol. The lowest BCUT2D eigenvalue weighted by Crippen LogP contribution is -2.48. The zero-order valence-corrected chi connectivity index (χ0v) is 23.7. The van der Waals surface area contributed by atoms with Crippen LogP contribution in [0, 0.1) is 5.82 Å². The van der Waals surface area contributed by atoms with Crippen molar-refractivity contribution >= 4 is 23.2 Å². The molecule has 208 valence electrons. The van der Waals surface area contributed by atoms with E-state index in [9.17, 15) is 23.9 Å². The van der Waals surface area contributed by atoms with Gasteiger partial charge in [-0.25, -0.2) is 4.39 Å². The summed E-state index contributed by atoms with van der Waals surface area (Å²) < 4.78 is 14.9. The second kappa shape index (κ2) is 11.6. The number of nitrogens with zero attached hydrogens (tertiary/aromatic N) is 5. The molecule has 1 aliphatic heterocycles. The summed E-state index contributed by atoms with van der Waals surface area (Å²) in [5.41, 5.74) is 0.260. The molecule has 4 rings (SSSR count). The molecule has 39 heavy (non-hydrogen) atoms. The summed E-state index contributed by atoms with van der Waals surface area (Å²) in [4.78, 5) is 42.6. The summed E-state index contributed by atoms with van der Waals surface area (Å²) in [5.74, 6) is -1.32. The molecule has 0 saturated carbocycles. The minimum Gasteiger partial charge on any atom is -0.503 e. The molecule has 0 aliphatic carbocycles. The van der Waals surface area contributed by atoms with E-state index in [0.29, 0.717) is 42.4 Å². The van der Waals surface area contributed by atoms with Crippen molar-refractivity contribution in [2.75, 3.05) is 13.1 Å². The average Bonchev–Trinajstić information content (AvgIpc) is 3.35. The van der Waals surface area contributed by atoms with Crippen molar-refractivity contribution in [3.63, 3.8) is 0 Å². The van der Waals surface area contributed by atoms with Gasteiger partial charge < -0.3 is 19.5 Å². The largest absolute Gasteiger partial charge is 0.503 e. The van der Waals surface area contributed by atoms with Gasteiger partial charge in [-0.1, -0.05) is 30.4 Å². The SMILES string of the molecule is CCC(=O)N(CC[C@H]1CN(C(C)C)C(=O)c2c(O)c(=O)c(-c3nnc(Cc4ccc(F)cc4)s3)cn21)C(C)C. The predicted octanol–water partition coefficient (Wildman–Crippen LogP) is 4.24. The van der Waals surface area contributed by atoms with Gasteiger partial charge in [-0.15, -0.1) is 10.2 Å². The molecule has 11 heteroatoms. The minimum absolute atomic E-state index is 0.0160. The Kier molecular flexibility index (Phi) is 8.48. The summed E-state index contributed by atoms with van der Waals surface area (Å²) in [6, 6.07) is 5.67. The number of benzene rings is 1. The third-order valence-corrected chi connectivity index (χ3v) is 7.97. The number of aromatic nitrogens is 3. The van der Waals surface area contributed by atoms with Gasteiger partial charge in [-0.05, 0) is 51.8 Å². The number of hydrogen-bond donors (Lipinski definition) is 1. The summed E-state index contributed by atoms with van der Waals surface area (Å²) in [6.45, 7) is 10.4.